The Hall–Kier alpha value is -1.07. The van der Waals surface area contributed by atoms with Gasteiger partial charge in [-0.25, -0.2) is 4.98 Å². The van der Waals surface area contributed by atoms with Gasteiger partial charge in [0.1, 0.15) is 11.3 Å². The van der Waals surface area contributed by atoms with Crippen LogP contribution in [-0.4, -0.2) is 43.9 Å². The molecule has 3 rings (SSSR count). The summed E-state index contributed by atoms with van der Waals surface area (Å²) >= 11 is 6.35. The smallest absolute Gasteiger partial charge is 0.158 e. The Balaban J connectivity index is 1.96. The van der Waals surface area contributed by atoms with Crippen molar-refractivity contribution in [2.45, 2.75) is 45.0 Å². The van der Waals surface area contributed by atoms with Crippen molar-refractivity contribution in [1.82, 2.24) is 24.2 Å². The Morgan fingerprint density at radius 2 is 1.95 bits per heavy atom. The Morgan fingerprint density at radius 1 is 1.24 bits per heavy atom. The van der Waals surface area contributed by atoms with Crippen LogP contribution in [0.4, 0.5) is 0 Å². The number of rotatable bonds is 5. The van der Waals surface area contributed by atoms with Gasteiger partial charge in [-0.3, -0.25) is 4.68 Å². The standard InChI is InChI=1S/C15H24ClN5/c1-4-12-13-15(19(3)18-12)21(14(17-13)11(2)16)10-9-20-7-5-6-8-20/h11H,4-10H2,1-3H3. The highest BCUT2D eigenvalue weighted by Crippen LogP contribution is 2.26. The summed E-state index contributed by atoms with van der Waals surface area (Å²) in [7, 11) is 2.00. The van der Waals surface area contributed by atoms with Crippen molar-refractivity contribution in [1.29, 1.82) is 0 Å². The monoisotopic (exact) mass is 309 g/mol. The summed E-state index contributed by atoms with van der Waals surface area (Å²) in [4.78, 5) is 7.30. The zero-order valence-corrected chi connectivity index (χ0v) is 13.9. The molecule has 0 aliphatic carbocycles. The number of nitrogens with zero attached hydrogens (tertiary/aromatic N) is 5. The summed E-state index contributed by atoms with van der Waals surface area (Å²) in [5.74, 6) is 0.966. The minimum absolute atomic E-state index is 0.0827. The van der Waals surface area contributed by atoms with Gasteiger partial charge in [0.25, 0.3) is 0 Å². The fourth-order valence-electron chi connectivity index (χ4n) is 3.27. The fourth-order valence-corrected chi connectivity index (χ4v) is 3.44. The largest absolute Gasteiger partial charge is 0.310 e. The second-order valence-corrected chi connectivity index (χ2v) is 6.54. The molecule has 0 radical (unpaired) electrons. The quantitative estimate of drug-likeness (QED) is 0.797. The van der Waals surface area contributed by atoms with Crippen LogP contribution in [0, 0.1) is 0 Å². The molecule has 1 fully saturated rings. The van der Waals surface area contributed by atoms with Gasteiger partial charge in [0.2, 0.25) is 0 Å². The Kier molecular flexibility index (Phi) is 4.22. The van der Waals surface area contributed by atoms with Crippen molar-refractivity contribution >= 4 is 22.8 Å². The van der Waals surface area contributed by atoms with Crippen LogP contribution in [0.15, 0.2) is 0 Å². The van der Waals surface area contributed by atoms with E-state index in [1.54, 1.807) is 0 Å². The van der Waals surface area contributed by atoms with E-state index in [0.29, 0.717) is 0 Å². The zero-order valence-electron chi connectivity index (χ0n) is 13.1. The number of aromatic nitrogens is 4. The summed E-state index contributed by atoms with van der Waals surface area (Å²) in [5, 5.41) is 4.50. The third-order valence-electron chi connectivity index (χ3n) is 4.35. The molecule has 0 spiro atoms. The Labute approximate surface area is 130 Å². The van der Waals surface area contributed by atoms with Crippen molar-refractivity contribution in [2.24, 2.45) is 7.05 Å². The van der Waals surface area contributed by atoms with Crippen molar-refractivity contribution in [2.75, 3.05) is 19.6 Å². The van der Waals surface area contributed by atoms with Gasteiger partial charge >= 0.3 is 0 Å². The van der Waals surface area contributed by atoms with Crippen LogP contribution in [0.5, 0.6) is 0 Å². The number of alkyl halides is 1. The summed E-state index contributed by atoms with van der Waals surface area (Å²) in [5.41, 5.74) is 3.18. The van der Waals surface area contributed by atoms with Crippen LogP contribution < -0.4 is 0 Å². The summed E-state index contributed by atoms with van der Waals surface area (Å²) in [6, 6.07) is 0. The van der Waals surface area contributed by atoms with E-state index in [0.717, 1.165) is 42.2 Å². The van der Waals surface area contributed by atoms with Crippen molar-refractivity contribution in [3.8, 4) is 0 Å². The molecule has 2 aromatic rings. The summed E-state index contributed by atoms with van der Waals surface area (Å²) < 4.78 is 4.21. The van der Waals surface area contributed by atoms with Crippen LogP contribution in [-0.2, 0) is 20.0 Å². The lowest BCUT2D eigenvalue weighted by molar-refractivity contribution is 0.321. The molecule has 1 aliphatic heterocycles. The van der Waals surface area contributed by atoms with Gasteiger partial charge in [-0.15, -0.1) is 11.6 Å². The Bertz CT molecular complexity index is 622. The van der Waals surface area contributed by atoms with Gasteiger partial charge in [0.05, 0.1) is 11.1 Å². The molecule has 0 N–H and O–H groups in total. The number of hydrogen-bond acceptors (Lipinski definition) is 3. The van der Waals surface area contributed by atoms with Crippen molar-refractivity contribution < 1.29 is 0 Å². The lowest BCUT2D eigenvalue weighted by Crippen LogP contribution is -2.25. The lowest BCUT2D eigenvalue weighted by atomic mass is 10.3. The second kappa shape index (κ2) is 5.97. The molecule has 1 atom stereocenters. The van der Waals surface area contributed by atoms with Gasteiger partial charge in [0.15, 0.2) is 5.65 Å². The molecule has 1 saturated heterocycles. The number of likely N-dealkylation sites (tertiary alicyclic amines) is 1. The van der Waals surface area contributed by atoms with Crippen molar-refractivity contribution in [3.63, 3.8) is 0 Å². The van der Waals surface area contributed by atoms with E-state index in [1.165, 1.54) is 25.9 Å². The average Bonchev–Trinajstić information content (AvgIpc) is 3.13. The number of imidazole rings is 1. The molecule has 1 unspecified atom stereocenters. The molecule has 0 aromatic carbocycles. The maximum absolute atomic E-state index is 6.35. The maximum atomic E-state index is 6.35. The number of aryl methyl sites for hydroxylation is 2. The van der Waals surface area contributed by atoms with E-state index in [2.05, 4.69) is 21.5 Å². The molecule has 5 nitrogen and oxygen atoms in total. The molecule has 116 valence electrons. The van der Waals surface area contributed by atoms with E-state index in [4.69, 9.17) is 16.6 Å². The predicted molar refractivity (Wildman–Crippen MR) is 85.8 cm³/mol. The highest BCUT2D eigenvalue weighted by Gasteiger charge is 2.21. The SMILES string of the molecule is CCc1nn(C)c2c1nc(C(C)Cl)n2CCN1CCCC1. The van der Waals surface area contributed by atoms with Gasteiger partial charge < -0.3 is 9.47 Å². The molecule has 3 heterocycles. The molecule has 21 heavy (non-hydrogen) atoms. The first kappa shape index (κ1) is 14.9. The van der Waals surface area contributed by atoms with Gasteiger partial charge in [-0.1, -0.05) is 6.92 Å². The topological polar surface area (TPSA) is 38.9 Å². The second-order valence-electron chi connectivity index (χ2n) is 5.88. The van der Waals surface area contributed by atoms with Crippen LogP contribution in [0.3, 0.4) is 0 Å². The minimum atomic E-state index is -0.0827. The first-order valence-corrected chi connectivity index (χ1v) is 8.34. The van der Waals surface area contributed by atoms with E-state index < -0.39 is 0 Å². The number of halogens is 1. The van der Waals surface area contributed by atoms with E-state index in [9.17, 15) is 0 Å². The van der Waals surface area contributed by atoms with Crippen molar-refractivity contribution in [3.05, 3.63) is 11.5 Å². The predicted octanol–water partition coefficient (Wildman–Crippen LogP) is 2.73. The molecule has 6 heteroatoms. The average molecular weight is 310 g/mol. The highest BCUT2D eigenvalue weighted by molar-refractivity contribution is 6.20. The first-order valence-electron chi connectivity index (χ1n) is 7.90. The first-order chi connectivity index (χ1) is 10.1. The zero-order chi connectivity index (χ0) is 15.0. The molecule has 0 bridgehead atoms. The van der Waals surface area contributed by atoms with Gasteiger partial charge in [0, 0.05) is 20.1 Å². The maximum Gasteiger partial charge on any atom is 0.158 e. The normalized spacial score (nSPS) is 17.9. The molecule has 2 aromatic heterocycles. The van der Waals surface area contributed by atoms with Crippen LogP contribution >= 0.6 is 11.6 Å². The van der Waals surface area contributed by atoms with Gasteiger partial charge in [-0.2, -0.15) is 5.10 Å². The van der Waals surface area contributed by atoms with Crippen LogP contribution in [0.25, 0.3) is 11.2 Å². The van der Waals surface area contributed by atoms with E-state index >= 15 is 0 Å². The highest BCUT2D eigenvalue weighted by atomic mass is 35.5. The van der Waals surface area contributed by atoms with E-state index in [-0.39, 0.29) is 5.38 Å². The van der Waals surface area contributed by atoms with E-state index in [1.807, 2.05) is 18.7 Å². The molecular formula is C15H24ClN5. The third kappa shape index (κ3) is 2.69. The van der Waals surface area contributed by atoms with Crippen LogP contribution in [0.2, 0.25) is 0 Å². The summed E-state index contributed by atoms with van der Waals surface area (Å²) in [6.45, 7) is 8.55. The molecule has 0 amide bonds. The molecule has 0 saturated carbocycles. The fraction of sp³-hybridized carbons (Fsp3) is 0.733. The van der Waals surface area contributed by atoms with Crippen LogP contribution in [0.1, 0.15) is 43.6 Å². The number of fused-ring (bicyclic) bond motifs is 1. The summed E-state index contributed by atoms with van der Waals surface area (Å²) in [6.07, 6.45) is 3.55. The lowest BCUT2D eigenvalue weighted by Gasteiger charge is -2.17. The number of hydrogen-bond donors (Lipinski definition) is 0. The molecular weight excluding hydrogens is 286 g/mol. The third-order valence-corrected chi connectivity index (χ3v) is 4.55. The molecule has 1 aliphatic rings. The minimum Gasteiger partial charge on any atom is -0.310 e. The Morgan fingerprint density at radius 3 is 2.57 bits per heavy atom. The van der Waals surface area contributed by atoms with Gasteiger partial charge in [-0.05, 0) is 39.3 Å².